The highest BCUT2D eigenvalue weighted by Crippen LogP contribution is 2.26. The van der Waals surface area contributed by atoms with E-state index in [1.165, 1.54) is 0 Å². The van der Waals surface area contributed by atoms with E-state index >= 15 is 0 Å². The molecule has 19 heavy (non-hydrogen) atoms. The van der Waals surface area contributed by atoms with Gasteiger partial charge in [0, 0.05) is 23.0 Å². The summed E-state index contributed by atoms with van der Waals surface area (Å²) in [5, 5.41) is 11.6. The Labute approximate surface area is 116 Å². The molecule has 0 amide bonds. The fraction of sp³-hybridized carbons (Fsp3) is 0.0625. The smallest absolute Gasteiger partial charge is 0.119 e. The fourth-order valence-corrected chi connectivity index (χ4v) is 2.40. The Morgan fingerprint density at radius 1 is 1.00 bits per heavy atom. The minimum absolute atomic E-state index is 0.269. The first-order chi connectivity index (χ1) is 9.24. The maximum Gasteiger partial charge on any atom is 0.119 e. The van der Waals surface area contributed by atoms with E-state index in [1.54, 1.807) is 24.4 Å². The molecule has 0 unspecified atom stereocenters. The van der Waals surface area contributed by atoms with Crippen LogP contribution in [-0.2, 0) is 6.42 Å². The molecule has 0 saturated carbocycles. The van der Waals surface area contributed by atoms with Crippen LogP contribution in [0.5, 0.6) is 5.75 Å². The largest absolute Gasteiger partial charge is 0.508 e. The molecule has 2 aromatic carbocycles. The van der Waals surface area contributed by atoms with Crippen molar-refractivity contribution < 1.29 is 5.11 Å². The summed E-state index contributed by atoms with van der Waals surface area (Å²) in [7, 11) is 0. The number of benzene rings is 2. The number of fused-ring (bicyclic) bond motifs is 1. The van der Waals surface area contributed by atoms with Crippen molar-refractivity contribution in [2.75, 3.05) is 0 Å². The predicted molar refractivity (Wildman–Crippen MR) is 77.7 cm³/mol. The number of nitrogens with zero attached hydrogens (tertiary/aromatic N) is 1. The van der Waals surface area contributed by atoms with Crippen LogP contribution < -0.4 is 0 Å². The highest BCUT2D eigenvalue weighted by Gasteiger charge is 2.06. The Morgan fingerprint density at radius 3 is 2.74 bits per heavy atom. The summed E-state index contributed by atoms with van der Waals surface area (Å²) in [6, 6.07) is 15.1. The SMILES string of the molecule is Oc1ccc(Cl)cc1Cc1ccnc2ccccc12. The van der Waals surface area contributed by atoms with Gasteiger partial charge in [-0.05, 0) is 41.5 Å². The maximum atomic E-state index is 9.89. The van der Waals surface area contributed by atoms with E-state index in [9.17, 15) is 5.11 Å². The molecule has 3 rings (SSSR count). The summed E-state index contributed by atoms with van der Waals surface area (Å²) in [6.07, 6.45) is 2.43. The van der Waals surface area contributed by atoms with Crippen LogP contribution in [0.4, 0.5) is 0 Å². The Kier molecular flexibility index (Phi) is 3.10. The number of rotatable bonds is 2. The molecule has 3 aromatic rings. The quantitative estimate of drug-likeness (QED) is 0.757. The lowest BCUT2D eigenvalue weighted by Crippen LogP contribution is -1.92. The lowest BCUT2D eigenvalue weighted by atomic mass is 10.0. The van der Waals surface area contributed by atoms with E-state index in [0.29, 0.717) is 11.4 Å². The van der Waals surface area contributed by atoms with Gasteiger partial charge < -0.3 is 5.11 Å². The zero-order chi connectivity index (χ0) is 13.2. The van der Waals surface area contributed by atoms with Gasteiger partial charge in [-0.15, -0.1) is 0 Å². The molecule has 0 aliphatic rings. The molecule has 0 aliphatic heterocycles. The molecule has 1 N–H and O–H groups in total. The molecule has 1 heterocycles. The lowest BCUT2D eigenvalue weighted by molar-refractivity contribution is 0.469. The van der Waals surface area contributed by atoms with Crippen molar-refractivity contribution in [2.24, 2.45) is 0 Å². The van der Waals surface area contributed by atoms with Crippen molar-refractivity contribution >= 4 is 22.5 Å². The van der Waals surface area contributed by atoms with Gasteiger partial charge in [0.15, 0.2) is 0 Å². The number of aromatic nitrogens is 1. The second-order valence-corrected chi connectivity index (χ2v) is 4.87. The summed E-state index contributed by atoms with van der Waals surface area (Å²) in [5.41, 5.74) is 2.91. The van der Waals surface area contributed by atoms with Crippen LogP contribution in [0.1, 0.15) is 11.1 Å². The third-order valence-electron chi connectivity index (χ3n) is 3.16. The van der Waals surface area contributed by atoms with Crippen LogP contribution in [0.3, 0.4) is 0 Å². The summed E-state index contributed by atoms with van der Waals surface area (Å²) in [4.78, 5) is 4.33. The summed E-state index contributed by atoms with van der Waals surface area (Å²) in [5.74, 6) is 0.269. The van der Waals surface area contributed by atoms with Gasteiger partial charge in [0.05, 0.1) is 5.52 Å². The molecule has 94 valence electrons. The van der Waals surface area contributed by atoms with Crippen molar-refractivity contribution in [2.45, 2.75) is 6.42 Å². The van der Waals surface area contributed by atoms with E-state index in [-0.39, 0.29) is 5.75 Å². The minimum atomic E-state index is 0.269. The third-order valence-corrected chi connectivity index (χ3v) is 3.40. The highest BCUT2D eigenvalue weighted by atomic mass is 35.5. The minimum Gasteiger partial charge on any atom is -0.508 e. The first kappa shape index (κ1) is 12.0. The molecule has 1 aromatic heterocycles. The van der Waals surface area contributed by atoms with Crippen LogP contribution in [0.15, 0.2) is 54.7 Å². The number of phenols is 1. The Hall–Kier alpha value is -2.06. The van der Waals surface area contributed by atoms with Gasteiger partial charge >= 0.3 is 0 Å². The number of halogens is 1. The standard InChI is InChI=1S/C16H12ClNO/c17-13-5-6-16(19)12(10-13)9-11-7-8-18-15-4-2-1-3-14(11)15/h1-8,10,19H,9H2. The number of aromatic hydroxyl groups is 1. The zero-order valence-corrected chi connectivity index (χ0v) is 10.9. The van der Waals surface area contributed by atoms with Gasteiger partial charge in [-0.3, -0.25) is 4.98 Å². The maximum absolute atomic E-state index is 9.89. The molecule has 2 nitrogen and oxygen atoms in total. The molecule has 0 aliphatic carbocycles. The van der Waals surface area contributed by atoms with Crippen molar-refractivity contribution in [3.05, 3.63) is 70.9 Å². The van der Waals surface area contributed by atoms with Gasteiger partial charge in [-0.2, -0.15) is 0 Å². The lowest BCUT2D eigenvalue weighted by Gasteiger charge is -2.08. The zero-order valence-electron chi connectivity index (χ0n) is 10.2. The Bertz CT molecular complexity index is 734. The Balaban J connectivity index is 2.08. The second kappa shape index (κ2) is 4.90. The van der Waals surface area contributed by atoms with Crippen LogP contribution >= 0.6 is 11.6 Å². The number of para-hydroxylation sites is 1. The molecule has 0 radical (unpaired) electrons. The van der Waals surface area contributed by atoms with Gasteiger partial charge in [0.2, 0.25) is 0 Å². The topological polar surface area (TPSA) is 33.1 Å². The van der Waals surface area contributed by atoms with Crippen LogP contribution in [-0.4, -0.2) is 10.1 Å². The molecule has 0 saturated heterocycles. The van der Waals surface area contributed by atoms with E-state index in [1.807, 2.05) is 30.3 Å². The molecule has 0 bridgehead atoms. The van der Waals surface area contributed by atoms with E-state index in [2.05, 4.69) is 4.98 Å². The monoisotopic (exact) mass is 269 g/mol. The van der Waals surface area contributed by atoms with Gasteiger partial charge in [0.25, 0.3) is 0 Å². The number of hydrogen-bond donors (Lipinski definition) is 1. The highest BCUT2D eigenvalue weighted by molar-refractivity contribution is 6.30. The first-order valence-corrected chi connectivity index (χ1v) is 6.42. The van der Waals surface area contributed by atoms with Crippen molar-refractivity contribution in [3.8, 4) is 5.75 Å². The third kappa shape index (κ3) is 2.40. The van der Waals surface area contributed by atoms with Gasteiger partial charge in [0.1, 0.15) is 5.75 Å². The van der Waals surface area contributed by atoms with Crippen molar-refractivity contribution in [1.29, 1.82) is 0 Å². The second-order valence-electron chi connectivity index (χ2n) is 4.44. The van der Waals surface area contributed by atoms with Crippen molar-refractivity contribution in [1.82, 2.24) is 4.98 Å². The van der Waals surface area contributed by atoms with Gasteiger partial charge in [-0.1, -0.05) is 29.8 Å². The number of pyridine rings is 1. The normalized spacial score (nSPS) is 10.8. The molecular formula is C16H12ClNO. The summed E-state index contributed by atoms with van der Waals surface area (Å²) in [6.45, 7) is 0. The Morgan fingerprint density at radius 2 is 1.84 bits per heavy atom. The molecular weight excluding hydrogens is 258 g/mol. The fourth-order valence-electron chi connectivity index (χ4n) is 2.21. The predicted octanol–water partition coefficient (Wildman–Crippen LogP) is 4.18. The average Bonchev–Trinajstić information content (AvgIpc) is 2.43. The number of phenolic OH excluding ortho intramolecular Hbond substituents is 1. The van der Waals surface area contributed by atoms with Crippen molar-refractivity contribution in [3.63, 3.8) is 0 Å². The number of hydrogen-bond acceptors (Lipinski definition) is 2. The molecule has 0 spiro atoms. The average molecular weight is 270 g/mol. The first-order valence-electron chi connectivity index (χ1n) is 6.04. The summed E-state index contributed by atoms with van der Waals surface area (Å²) >= 11 is 5.98. The van der Waals surface area contributed by atoms with E-state index in [0.717, 1.165) is 22.0 Å². The molecule has 0 atom stereocenters. The van der Waals surface area contributed by atoms with Crippen LogP contribution in [0.2, 0.25) is 5.02 Å². The molecule has 0 fully saturated rings. The molecule has 3 heteroatoms. The van der Waals surface area contributed by atoms with E-state index < -0.39 is 0 Å². The summed E-state index contributed by atoms with van der Waals surface area (Å²) < 4.78 is 0. The van der Waals surface area contributed by atoms with E-state index in [4.69, 9.17) is 11.6 Å². The van der Waals surface area contributed by atoms with Crippen LogP contribution in [0.25, 0.3) is 10.9 Å². The van der Waals surface area contributed by atoms with Gasteiger partial charge in [-0.25, -0.2) is 0 Å². The van der Waals surface area contributed by atoms with Crippen LogP contribution in [0, 0.1) is 0 Å².